The Hall–Kier alpha value is -3.21. The van der Waals surface area contributed by atoms with Crippen molar-refractivity contribution in [1.82, 2.24) is 14.9 Å². The van der Waals surface area contributed by atoms with E-state index in [1.807, 2.05) is 19.1 Å². The Kier molecular flexibility index (Phi) is 6.00. The molecular weight excluding hydrogens is 443 g/mol. The van der Waals surface area contributed by atoms with Crippen LogP contribution in [0.15, 0.2) is 53.7 Å². The molecule has 2 aromatic carbocycles. The zero-order chi connectivity index (χ0) is 22.9. The number of nitrogens with zero attached hydrogens (tertiary/aromatic N) is 3. The van der Waals surface area contributed by atoms with Gasteiger partial charge in [0.25, 0.3) is 0 Å². The van der Waals surface area contributed by atoms with Crippen LogP contribution in [0.5, 0.6) is 5.75 Å². The van der Waals surface area contributed by atoms with E-state index in [4.69, 9.17) is 4.74 Å². The standard InChI is InChI=1S/C21H20F3N5O2S/c1-3-16-26-27-20-29(16)28-17(12-8-10-13(31-2)11-9-12)18(32-20)19(30)25-15-7-5-4-6-14(15)21(22,23)24/h4-11,17-18,28H,3H2,1-2H3,(H,25,30)/t17-,18+/m1/s1. The fourth-order valence-corrected chi connectivity index (χ4v) is 4.53. The first-order chi connectivity index (χ1) is 15.3. The Morgan fingerprint density at radius 3 is 2.56 bits per heavy atom. The molecule has 32 heavy (non-hydrogen) atoms. The molecule has 2 N–H and O–H groups in total. The second-order valence-electron chi connectivity index (χ2n) is 7.04. The summed E-state index contributed by atoms with van der Waals surface area (Å²) in [6, 6.07) is 11.5. The van der Waals surface area contributed by atoms with E-state index in [2.05, 4.69) is 20.9 Å². The first kappa shape index (κ1) is 22.0. The molecule has 0 fully saturated rings. The second-order valence-corrected chi connectivity index (χ2v) is 8.15. The van der Waals surface area contributed by atoms with Crippen molar-refractivity contribution in [3.8, 4) is 5.75 Å². The van der Waals surface area contributed by atoms with Gasteiger partial charge in [-0.15, -0.1) is 10.2 Å². The molecule has 2 heterocycles. The van der Waals surface area contributed by atoms with Crippen molar-refractivity contribution >= 4 is 23.4 Å². The number of alkyl halides is 3. The summed E-state index contributed by atoms with van der Waals surface area (Å²) in [7, 11) is 1.55. The van der Waals surface area contributed by atoms with E-state index in [0.717, 1.165) is 23.4 Å². The number of ether oxygens (including phenoxy) is 1. The molecule has 0 radical (unpaired) electrons. The van der Waals surface area contributed by atoms with Crippen LogP contribution in [0, 0.1) is 0 Å². The van der Waals surface area contributed by atoms with Gasteiger partial charge in [0.15, 0.2) is 5.82 Å². The number of aromatic nitrogens is 3. The van der Waals surface area contributed by atoms with E-state index in [1.165, 1.54) is 18.2 Å². The number of amides is 1. The van der Waals surface area contributed by atoms with Crippen LogP contribution in [0.1, 0.15) is 29.9 Å². The molecule has 2 atom stereocenters. The molecule has 11 heteroatoms. The molecule has 0 saturated heterocycles. The number of thioether (sulfide) groups is 1. The second kappa shape index (κ2) is 8.73. The van der Waals surface area contributed by atoms with Gasteiger partial charge in [0.05, 0.1) is 24.4 Å². The summed E-state index contributed by atoms with van der Waals surface area (Å²) >= 11 is 1.15. The van der Waals surface area contributed by atoms with Gasteiger partial charge < -0.3 is 15.5 Å². The van der Waals surface area contributed by atoms with Crippen molar-refractivity contribution in [2.45, 2.75) is 36.0 Å². The minimum Gasteiger partial charge on any atom is -0.497 e. The number of para-hydroxylation sites is 1. The van der Waals surface area contributed by atoms with Gasteiger partial charge in [0, 0.05) is 6.42 Å². The van der Waals surface area contributed by atoms with Crippen molar-refractivity contribution < 1.29 is 22.7 Å². The lowest BCUT2D eigenvalue weighted by Crippen LogP contribution is -2.41. The van der Waals surface area contributed by atoms with Crippen LogP contribution in [-0.2, 0) is 17.4 Å². The molecule has 7 nitrogen and oxygen atoms in total. The van der Waals surface area contributed by atoms with Gasteiger partial charge in [-0.05, 0) is 29.8 Å². The van der Waals surface area contributed by atoms with Crippen molar-refractivity contribution in [2.24, 2.45) is 0 Å². The third-order valence-corrected chi connectivity index (χ3v) is 6.26. The highest BCUT2D eigenvalue weighted by Gasteiger charge is 2.39. The predicted molar refractivity (Wildman–Crippen MR) is 114 cm³/mol. The van der Waals surface area contributed by atoms with Crippen LogP contribution in [0.25, 0.3) is 0 Å². The number of benzene rings is 2. The summed E-state index contributed by atoms with van der Waals surface area (Å²) in [6.45, 7) is 1.93. The Labute approximate surface area is 186 Å². The molecular formula is C21H20F3N5O2S. The molecule has 1 aromatic heterocycles. The molecule has 1 amide bonds. The van der Waals surface area contributed by atoms with Gasteiger partial charge in [-0.3, -0.25) is 4.79 Å². The summed E-state index contributed by atoms with van der Waals surface area (Å²) < 4.78 is 47.1. The minimum absolute atomic E-state index is 0.291. The molecule has 0 bridgehead atoms. The molecule has 1 aliphatic rings. The third-order valence-electron chi connectivity index (χ3n) is 5.04. The van der Waals surface area contributed by atoms with E-state index >= 15 is 0 Å². The Morgan fingerprint density at radius 1 is 1.19 bits per heavy atom. The van der Waals surface area contributed by atoms with Crippen molar-refractivity contribution in [1.29, 1.82) is 0 Å². The maximum absolute atomic E-state index is 13.4. The maximum Gasteiger partial charge on any atom is 0.418 e. The number of carbonyl (C=O) groups excluding carboxylic acids is 1. The molecule has 1 aliphatic heterocycles. The smallest absolute Gasteiger partial charge is 0.418 e. The van der Waals surface area contributed by atoms with E-state index in [1.54, 1.807) is 23.9 Å². The number of methoxy groups -OCH3 is 1. The molecule has 4 rings (SSSR count). The van der Waals surface area contributed by atoms with Crippen molar-refractivity contribution in [3.05, 3.63) is 65.5 Å². The van der Waals surface area contributed by atoms with Crippen LogP contribution >= 0.6 is 11.8 Å². The normalized spacial score (nSPS) is 17.9. The number of carbonyl (C=O) groups is 1. The number of fused-ring (bicyclic) bond motifs is 1. The zero-order valence-corrected chi connectivity index (χ0v) is 18.0. The SMILES string of the molecule is CCc1nnc2n1N[C@H](c1ccc(OC)cc1)[C@@H](C(=O)Nc1ccccc1C(F)(F)F)S2. The van der Waals surface area contributed by atoms with Gasteiger partial charge in [-0.2, -0.15) is 13.2 Å². The van der Waals surface area contributed by atoms with Crippen LogP contribution in [0.4, 0.5) is 18.9 Å². The molecule has 3 aromatic rings. The van der Waals surface area contributed by atoms with Gasteiger partial charge in [-0.25, -0.2) is 4.68 Å². The lowest BCUT2D eigenvalue weighted by Gasteiger charge is -2.33. The number of hydrogen-bond acceptors (Lipinski definition) is 6. The highest BCUT2D eigenvalue weighted by molar-refractivity contribution is 8.00. The Morgan fingerprint density at radius 2 is 1.91 bits per heavy atom. The summed E-state index contributed by atoms with van der Waals surface area (Å²) in [6.07, 6.45) is -3.97. The van der Waals surface area contributed by atoms with Crippen LogP contribution in [0.3, 0.4) is 0 Å². The summed E-state index contributed by atoms with van der Waals surface area (Å²) in [5, 5.41) is 10.4. The first-order valence-corrected chi connectivity index (χ1v) is 10.7. The molecule has 168 valence electrons. The largest absolute Gasteiger partial charge is 0.497 e. The van der Waals surface area contributed by atoms with Crippen LogP contribution in [0.2, 0.25) is 0 Å². The number of anilines is 1. The maximum atomic E-state index is 13.4. The number of rotatable bonds is 5. The van der Waals surface area contributed by atoms with E-state index in [-0.39, 0.29) is 5.69 Å². The third kappa shape index (κ3) is 4.24. The van der Waals surface area contributed by atoms with Gasteiger partial charge >= 0.3 is 6.18 Å². The molecule has 0 spiro atoms. The monoisotopic (exact) mass is 463 g/mol. The summed E-state index contributed by atoms with van der Waals surface area (Å²) in [5.41, 5.74) is 2.83. The molecule has 0 saturated carbocycles. The van der Waals surface area contributed by atoms with Crippen LogP contribution < -0.4 is 15.5 Å². The number of hydrogen-bond donors (Lipinski definition) is 2. The lowest BCUT2D eigenvalue weighted by atomic mass is 10.0. The number of aryl methyl sites for hydroxylation is 1. The lowest BCUT2D eigenvalue weighted by molar-refractivity contribution is -0.137. The zero-order valence-electron chi connectivity index (χ0n) is 17.2. The fraction of sp³-hybridized carbons (Fsp3) is 0.286. The highest BCUT2D eigenvalue weighted by Crippen LogP contribution is 2.39. The van der Waals surface area contributed by atoms with Gasteiger partial charge in [0.2, 0.25) is 11.1 Å². The van der Waals surface area contributed by atoms with Crippen LogP contribution in [-0.4, -0.2) is 33.1 Å². The minimum atomic E-state index is -4.59. The highest BCUT2D eigenvalue weighted by atomic mass is 32.2. The fourth-order valence-electron chi connectivity index (χ4n) is 3.43. The van der Waals surface area contributed by atoms with E-state index in [9.17, 15) is 18.0 Å². The molecule has 0 unspecified atom stereocenters. The first-order valence-electron chi connectivity index (χ1n) is 9.80. The van der Waals surface area contributed by atoms with Crippen molar-refractivity contribution in [2.75, 3.05) is 17.9 Å². The quantitative estimate of drug-likeness (QED) is 0.588. The van der Waals surface area contributed by atoms with Gasteiger partial charge in [0.1, 0.15) is 11.0 Å². The number of halogens is 3. The predicted octanol–water partition coefficient (Wildman–Crippen LogP) is 4.27. The Balaban J connectivity index is 1.68. The van der Waals surface area contributed by atoms with Gasteiger partial charge in [-0.1, -0.05) is 43.0 Å². The average Bonchev–Trinajstić information content (AvgIpc) is 3.20. The summed E-state index contributed by atoms with van der Waals surface area (Å²) in [5.74, 6) is 0.760. The topological polar surface area (TPSA) is 81.1 Å². The van der Waals surface area contributed by atoms with E-state index < -0.39 is 28.9 Å². The van der Waals surface area contributed by atoms with Crippen molar-refractivity contribution in [3.63, 3.8) is 0 Å². The Bertz CT molecular complexity index is 1120. The van der Waals surface area contributed by atoms with E-state index in [0.29, 0.717) is 23.2 Å². The number of nitrogens with one attached hydrogen (secondary N) is 2. The molecule has 0 aliphatic carbocycles. The summed E-state index contributed by atoms with van der Waals surface area (Å²) in [4.78, 5) is 13.2. The average molecular weight is 463 g/mol.